The Morgan fingerprint density at radius 1 is 1.06 bits per heavy atom. The standard InChI is InChI=1S/C14H11BrCl2O/c15-8-11-4-2-6-13(17)14(11)18-9-10-3-1-5-12(16)7-10/h1-7H,8-9H2. The second-order valence-corrected chi connectivity index (χ2v) is 5.18. The van der Waals surface area contributed by atoms with E-state index in [1.807, 2.05) is 42.5 Å². The maximum atomic E-state index is 6.13. The molecule has 0 amide bonds. The van der Waals surface area contributed by atoms with Gasteiger partial charge in [-0.15, -0.1) is 0 Å². The highest BCUT2D eigenvalue weighted by molar-refractivity contribution is 9.08. The van der Waals surface area contributed by atoms with E-state index in [1.165, 1.54) is 0 Å². The van der Waals surface area contributed by atoms with Crippen molar-refractivity contribution in [3.63, 3.8) is 0 Å². The molecule has 0 N–H and O–H groups in total. The topological polar surface area (TPSA) is 9.23 Å². The van der Waals surface area contributed by atoms with E-state index in [0.717, 1.165) is 16.9 Å². The van der Waals surface area contributed by atoms with Gasteiger partial charge in [0.25, 0.3) is 0 Å². The Morgan fingerprint density at radius 2 is 1.83 bits per heavy atom. The smallest absolute Gasteiger partial charge is 0.142 e. The molecule has 4 heteroatoms. The largest absolute Gasteiger partial charge is 0.487 e. The molecular formula is C14H11BrCl2O. The average molecular weight is 346 g/mol. The fourth-order valence-electron chi connectivity index (χ4n) is 1.60. The van der Waals surface area contributed by atoms with Crippen molar-refractivity contribution in [3.8, 4) is 5.75 Å². The Kier molecular flexibility index (Phi) is 4.93. The number of rotatable bonds is 4. The Labute approximate surface area is 125 Å². The van der Waals surface area contributed by atoms with E-state index in [4.69, 9.17) is 27.9 Å². The van der Waals surface area contributed by atoms with Gasteiger partial charge in [-0.05, 0) is 23.8 Å². The highest BCUT2D eigenvalue weighted by Crippen LogP contribution is 2.30. The van der Waals surface area contributed by atoms with Gasteiger partial charge in [-0.1, -0.05) is 63.4 Å². The van der Waals surface area contributed by atoms with Gasteiger partial charge in [0.15, 0.2) is 0 Å². The maximum Gasteiger partial charge on any atom is 0.142 e. The van der Waals surface area contributed by atoms with E-state index in [0.29, 0.717) is 22.0 Å². The third-order valence-corrected chi connectivity index (χ3v) is 3.60. The zero-order valence-electron chi connectivity index (χ0n) is 9.50. The summed E-state index contributed by atoms with van der Waals surface area (Å²) in [5.74, 6) is 0.719. The molecule has 0 atom stereocenters. The number of para-hydroxylation sites is 1. The van der Waals surface area contributed by atoms with Crippen molar-refractivity contribution in [1.29, 1.82) is 0 Å². The number of halogens is 3. The molecule has 0 aromatic heterocycles. The van der Waals surface area contributed by atoms with E-state index in [2.05, 4.69) is 15.9 Å². The summed E-state index contributed by atoms with van der Waals surface area (Å²) in [6, 6.07) is 13.3. The predicted molar refractivity (Wildman–Crippen MR) is 79.9 cm³/mol. The van der Waals surface area contributed by atoms with Gasteiger partial charge in [-0.25, -0.2) is 0 Å². The molecule has 0 spiro atoms. The molecule has 0 radical (unpaired) electrons. The molecule has 0 unspecified atom stereocenters. The molecule has 18 heavy (non-hydrogen) atoms. The second-order valence-electron chi connectivity index (χ2n) is 3.78. The van der Waals surface area contributed by atoms with Crippen molar-refractivity contribution in [2.24, 2.45) is 0 Å². The van der Waals surface area contributed by atoms with Crippen LogP contribution in [0.2, 0.25) is 10.0 Å². The molecular weight excluding hydrogens is 335 g/mol. The molecule has 0 saturated carbocycles. The maximum absolute atomic E-state index is 6.13. The first kappa shape index (κ1) is 13.7. The summed E-state index contributed by atoms with van der Waals surface area (Å²) in [4.78, 5) is 0. The zero-order valence-corrected chi connectivity index (χ0v) is 12.6. The van der Waals surface area contributed by atoms with Gasteiger partial charge in [-0.3, -0.25) is 0 Å². The summed E-state index contributed by atoms with van der Waals surface area (Å²) in [7, 11) is 0. The van der Waals surface area contributed by atoms with Gasteiger partial charge in [0.2, 0.25) is 0 Å². The molecule has 0 heterocycles. The van der Waals surface area contributed by atoms with Crippen molar-refractivity contribution in [3.05, 3.63) is 63.6 Å². The fourth-order valence-corrected chi connectivity index (χ4v) is 2.51. The summed E-state index contributed by atoms with van der Waals surface area (Å²) in [5, 5.41) is 2.03. The Hall–Kier alpha value is -0.700. The van der Waals surface area contributed by atoms with Gasteiger partial charge >= 0.3 is 0 Å². The number of hydrogen-bond acceptors (Lipinski definition) is 1. The third kappa shape index (κ3) is 3.41. The molecule has 0 saturated heterocycles. The Bertz CT molecular complexity index is 543. The van der Waals surface area contributed by atoms with Gasteiger partial charge < -0.3 is 4.74 Å². The van der Waals surface area contributed by atoms with Gasteiger partial charge in [0.05, 0.1) is 5.02 Å². The molecule has 0 aliphatic heterocycles. The van der Waals surface area contributed by atoms with Gasteiger partial charge in [-0.2, -0.15) is 0 Å². The molecule has 2 rings (SSSR count). The first-order valence-electron chi connectivity index (χ1n) is 5.41. The van der Waals surface area contributed by atoms with Crippen LogP contribution in [0.3, 0.4) is 0 Å². The quantitative estimate of drug-likeness (QED) is 0.668. The first-order chi connectivity index (χ1) is 8.70. The third-order valence-electron chi connectivity index (χ3n) is 2.46. The molecule has 2 aromatic rings. The number of ether oxygens (including phenoxy) is 1. The van der Waals surface area contributed by atoms with E-state index < -0.39 is 0 Å². The van der Waals surface area contributed by atoms with E-state index >= 15 is 0 Å². The highest BCUT2D eigenvalue weighted by Gasteiger charge is 2.07. The fraction of sp³-hybridized carbons (Fsp3) is 0.143. The molecule has 1 nitrogen and oxygen atoms in total. The molecule has 2 aromatic carbocycles. The van der Waals surface area contributed by atoms with Crippen LogP contribution in [0.25, 0.3) is 0 Å². The summed E-state index contributed by atoms with van der Waals surface area (Å²) in [5.41, 5.74) is 2.05. The van der Waals surface area contributed by atoms with Crippen LogP contribution in [0.15, 0.2) is 42.5 Å². The van der Waals surface area contributed by atoms with E-state index in [-0.39, 0.29) is 0 Å². The van der Waals surface area contributed by atoms with Crippen molar-refractivity contribution in [2.45, 2.75) is 11.9 Å². The van der Waals surface area contributed by atoms with Crippen LogP contribution < -0.4 is 4.74 Å². The van der Waals surface area contributed by atoms with Gasteiger partial charge in [0.1, 0.15) is 12.4 Å². The summed E-state index contributed by atoms with van der Waals surface area (Å²) >= 11 is 15.5. The van der Waals surface area contributed by atoms with E-state index in [9.17, 15) is 0 Å². The minimum atomic E-state index is 0.449. The lowest BCUT2D eigenvalue weighted by molar-refractivity contribution is 0.304. The minimum absolute atomic E-state index is 0.449. The van der Waals surface area contributed by atoms with Crippen LogP contribution in [0.5, 0.6) is 5.75 Å². The SMILES string of the molecule is Clc1cccc(COc2c(Cl)cccc2CBr)c1. The molecule has 0 aliphatic carbocycles. The Morgan fingerprint density at radius 3 is 2.56 bits per heavy atom. The van der Waals surface area contributed by atoms with Crippen LogP contribution in [0.1, 0.15) is 11.1 Å². The molecule has 0 aliphatic rings. The highest BCUT2D eigenvalue weighted by atomic mass is 79.9. The number of alkyl halides is 1. The van der Waals surface area contributed by atoms with Crippen LogP contribution in [-0.4, -0.2) is 0 Å². The monoisotopic (exact) mass is 344 g/mol. The van der Waals surface area contributed by atoms with E-state index in [1.54, 1.807) is 0 Å². The Balaban J connectivity index is 2.15. The molecule has 0 fully saturated rings. The number of benzene rings is 2. The lowest BCUT2D eigenvalue weighted by Crippen LogP contribution is -1.98. The second kappa shape index (κ2) is 6.46. The van der Waals surface area contributed by atoms with Crippen LogP contribution in [0.4, 0.5) is 0 Å². The van der Waals surface area contributed by atoms with Crippen molar-refractivity contribution in [1.82, 2.24) is 0 Å². The summed E-state index contributed by atoms with van der Waals surface area (Å²) in [6.07, 6.45) is 0. The average Bonchev–Trinajstić information content (AvgIpc) is 2.37. The normalized spacial score (nSPS) is 10.4. The summed E-state index contributed by atoms with van der Waals surface area (Å²) in [6.45, 7) is 0.449. The number of hydrogen-bond donors (Lipinski definition) is 0. The summed E-state index contributed by atoms with van der Waals surface area (Å²) < 4.78 is 5.78. The molecule has 0 bridgehead atoms. The lowest BCUT2D eigenvalue weighted by Gasteiger charge is -2.11. The van der Waals surface area contributed by atoms with Crippen molar-refractivity contribution < 1.29 is 4.74 Å². The minimum Gasteiger partial charge on any atom is -0.487 e. The van der Waals surface area contributed by atoms with Gasteiger partial charge in [0, 0.05) is 15.9 Å². The van der Waals surface area contributed by atoms with Crippen LogP contribution in [-0.2, 0) is 11.9 Å². The van der Waals surface area contributed by atoms with Crippen LogP contribution in [0, 0.1) is 0 Å². The van der Waals surface area contributed by atoms with Crippen LogP contribution >= 0.6 is 39.1 Å². The first-order valence-corrected chi connectivity index (χ1v) is 7.29. The van der Waals surface area contributed by atoms with Crippen molar-refractivity contribution >= 4 is 39.1 Å². The van der Waals surface area contributed by atoms with Crippen molar-refractivity contribution in [2.75, 3.05) is 0 Å². The predicted octanol–water partition coefficient (Wildman–Crippen LogP) is 5.47. The lowest BCUT2D eigenvalue weighted by atomic mass is 10.2. The molecule has 94 valence electrons. The zero-order chi connectivity index (χ0) is 13.0.